The highest BCUT2D eigenvalue weighted by Crippen LogP contribution is 2.18. The molecule has 1 amide bonds. The predicted octanol–water partition coefficient (Wildman–Crippen LogP) is 2.75. The summed E-state index contributed by atoms with van der Waals surface area (Å²) in [6.07, 6.45) is 1.13. The van der Waals surface area contributed by atoms with Crippen LogP contribution in [0.25, 0.3) is 0 Å². The first kappa shape index (κ1) is 16.8. The third kappa shape index (κ3) is 3.61. The summed E-state index contributed by atoms with van der Waals surface area (Å²) in [6.45, 7) is 12.3. The molecule has 1 fully saturated rings. The lowest BCUT2D eigenvalue weighted by molar-refractivity contribution is 0.0603. The van der Waals surface area contributed by atoms with E-state index in [1.807, 2.05) is 17.0 Å². The van der Waals surface area contributed by atoms with E-state index in [1.54, 1.807) is 0 Å². The molecule has 2 rings (SSSR count). The topological polar surface area (TPSA) is 35.6 Å². The largest absolute Gasteiger partial charge is 0.372 e. The number of carbonyl (C=O) groups is 1. The summed E-state index contributed by atoms with van der Waals surface area (Å²) < 4.78 is 0. The Labute approximate surface area is 134 Å². The minimum absolute atomic E-state index is 0.144. The second-order valence-corrected chi connectivity index (χ2v) is 6.11. The summed E-state index contributed by atoms with van der Waals surface area (Å²) in [7, 11) is 0. The fourth-order valence-corrected chi connectivity index (χ4v) is 3.06. The molecule has 2 unspecified atom stereocenters. The van der Waals surface area contributed by atoms with Gasteiger partial charge in [0.25, 0.3) is 5.91 Å². The number of piperazine rings is 1. The van der Waals surface area contributed by atoms with Gasteiger partial charge in [-0.25, -0.2) is 0 Å². The van der Waals surface area contributed by atoms with Crippen LogP contribution >= 0.6 is 0 Å². The van der Waals surface area contributed by atoms with Gasteiger partial charge in [0, 0.05) is 49.5 Å². The van der Waals surface area contributed by atoms with Crippen molar-refractivity contribution < 1.29 is 4.79 Å². The zero-order valence-corrected chi connectivity index (χ0v) is 14.3. The van der Waals surface area contributed by atoms with Gasteiger partial charge in [-0.3, -0.25) is 4.79 Å². The number of benzene rings is 1. The molecule has 1 aromatic rings. The molecule has 1 aliphatic heterocycles. The molecular formula is C18H29N3O. The van der Waals surface area contributed by atoms with Crippen molar-refractivity contribution in [2.45, 2.75) is 46.2 Å². The minimum atomic E-state index is 0.144. The standard InChI is InChI=1S/C18H29N3O/c1-5-12-20(6-2)17-9-7-16(8-10-17)18(22)21-13-11-19-14(3)15(21)4/h7-10,14-15,19H,5-6,11-13H2,1-4H3. The van der Waals surface area contributed by atoms with Gasteiger partial charge in [0.2, 0.25) is 0 Å². The Morgan fingerprint density at radius 1 is 1.27 bits per heavy atom. The van der Waals surface area contributed by atoms with Crippen LogP contribution < -0.4 is 10.2 Å². The first-order valence-corrected chi connectivity index (χ1v) is 8.47. The van der Waals surface area contributed by atoms with E-state index in [2.05, 4.69) is 50.0 Å². The maximum absolute atomic E-state index is 12.7. The van der Waals surface area contributed by atoms with Gasteiger partial charge in [0.05, 0.1) is 0 Å². The van der Waals surface area contributed by atoms with Gasteiger partial charge in [0.1, 0.15) is 0 Å². The lowest BCUT2D eigenvalue weighted by Gasteiger charge is -2.38. The second-order valence-electron chi connectivity index (χ2n) is 6.11. The molecule has 0 saturated carbocycles. The van der Waals surface area contributed by atoms with Crippen LogP contribution in [0.1, 0.15) is 44.5 Å². The molecule has 1 aromatic carbocycles. The molecule has 122 valence electrons. The number of nitrogens with one attached hydrogen (secondary N) is 1. The number of nitrogens with zero attached hydrogens (tertiary/aromatic N) is 2. The Hall–Kier alpha value is -1.55. The molecule has 0 bridgehead atoms. The predicted molar refractivity (Wildman–Crippen MR) is 92.6 cm³/mol. The lowest BCUT2D eigenvalue weighted by Crippen LogP contribution is -2.57. The van der Waals surface area contributed by atoms with Gasteiger partial charge in [0.15, 0.2) is 0 Å². The Morgan fingerprint density at radius 2 is 1.95 bits per heavy atom. The van der Waals surface area contributed by atoms with Gasteiger partial charge in [-0.05, 0) is 51.5 Å². The van der Waals surface area contributed by atoms with Crippen molar-refractivity contribution in [1.82, 2.24) is 10.2 Å². The smallest absolute Gasteiger partial charge is 0.254 e. The van der Waals surface area contributed by atoms with E-state index < -0.39 is 0 Å². The van der Waals surface area contributed by atoms with Crippen LogP contribution in [0, 0.1) is 0 Å². The summed E-state index contributed by atoms with van der Waals surface area (Å²) in [5.74, 6) is 0.144. The number of rotatable bonds is 5. The number of anilines is 1. The Morgan fingerprint density at radius 3 is 2.55 bits per heavy atom. The Balaban J connectivity index is 2.10. The zero-order valence-electron chi connectivity index (χ0n) is 14.3. The van der Waals surface area contributed by atoms with E-state index in [0.717, 1.165) is 38.2 Å². The van der Waals surface area contributed by atoms with Gasteiger partial charge in [-0.15, -0.1) is 0 Å². The van der Waals surface area contributed by atoms with Crippen LogP contribution in [0.2, 0.25) is 0 Å². The number of carbonyl (C=O) groups excluding carboxylic acids is 1. The van der Waals surface area contributed by atoms with Crippen molar-refractivity contribution in [2.24, 2.45) is 0 Å². The summed E-state index contributed by atoms with van der Waals surface area (Å²) in [5.41, 5.74) is 1.99. The van der Waals surface area contributed by atoms with E-state index in [4.69, 9.17) is 0 Å². The fourth-order valence-electron chi connectivity index (χ4n) is 3.06. The van der Waals surface area contributed by atoms with Crippen molar-refractivity contribution in [3.8, 4) is 0 Å². The van der Waals surface area contributed by atoms with Crippen molar-refractivity contribution in [1.29, 1.82) is 0 Å². The van der Waals surface area contributed by atoms with Crippen molar-refractivity contribution in [2.75, 3.05) is 31.1 Å². The van der Waals surface area contributed by atoms with E-state index >= 15 is 0 Å². The highest BCUT2D eigenvalue weighted by Gasteiger charge is 2.28. The summed E-state index contributed by atoms with van der Waals surface area (Å²) in [6, 6.07) is 8.65. The maximum atomic E-state index is 12.7. The molecule has 4 heteroatoms. The molecule has 22 heavy (non-hydrogen) atoms. The first-order chi connectivity index (χ1) is 10.6. The summed E-state index contributed by atoms with van der Waals surface area (Å²) in [5, 5.41) is 3.41. The molecule has 0 radical (unpaired) electrons. The summed E-state index contributed by atoms with van der Waals surface area (Å²) in [4.78, 5) is 17.0. The second kappa shape index (κ2) is 7.63. The molecule has 2 atom stereocenters. The molecular weight excluding hydrogens is 274 g/mol. The lowest BCUT2D eigenvalue weighted by atomic mass is 10.0. The number of hydrogen-bond acceptors (Lipinski definition) is 3. The molecule has 1 N–H and O–H groups in total. The monoisotopic (exact) mass is 303 g/mol. The Kier molecular flexibility index (Phi) is 5.83. The highest BCUT2D eigenvalue weighted by atomic mass is 16.2. The molecule has 1 aliphatic rings. The number of amides is 1. The molecule has 0 aromatic heterocycles. The van der Waals surface area contributed by atoms with Crippen LogP contribution in [0.4, 0.5) is 5.69 Å². The first-order valence-electron chi connectivity index (χ1n) is 8.47. The molecule has 0 spiro atoms. The van der Waals surface area contributed by atoms with E-state index in [-0.39, 0.29) is 11.9 Å². The number of hydrogen-bond donors (Lipinski definition) is 1. The Bertz CT molecular complexity index is 486. The normalized spacial score (nSPS) is 21.7. The van der Waals surface area contributed by atoms with Crippen LogP contribution in [0.15, 0.2) is 24.3 Å². The van der Waals surface area contributed by atoms with E-state index in [1.165, 1.54) is 5.69 Å². The molecule has 1 heterocycles. The van der Waals surface area contributed by atoms with Crippen molar-refractivity contribution >= 4 is 11.6 Å². The van der Waals surface area contributed by atoms with Gasteiger partial charge in [-0.2, -0.15) is 0 Å². The van der Waals surface area contributed by atoms with Crippen molar-refractivity contribution in [3.63, 3.8) is 0 Å². The third-order valence-corrected chi connectivity index (χ3v) is 4.65. The molecule has 0 aliphatic carbocycles. The van der Waals surface area contributed by atoms with E-state index in [9.17, 15) is 4.79 Å². The fraction of sp³-hybridized carbons (Fsp3) is 0.611. The minimum Gasteiger partial charge on any atom is -0.372 e. The van der Waals surface area contributed by atoms with Crippen LogP contribution in [-0.2, 0) is 0 Å². The average Bonchev–Trinajstić information content (AvgIpc) is 2.55. The molecule has 1 saturated heterocycles. The SMILES string of the molecule is CCCN(CC)c1ccc(C(=O)N2CCNC(C)C2C)cc1. The third-order valence-electron chi connectivity index (χ3n) is 4.65. The van der Waals surface area contributed by atoms with Gasteiger partial charge < -0.3 is 15.1 Å². The van der Waals surface area contributed by atoms with Crippen LogP contribution in [0.5, 0.6) is 0 Å². The van der Waals surface area contributed by atoms with Crippen LogP contribution in [0.3, 0.4) is 0 Å². The quantitative estimate of drug-likeness (QED) is 0.908. The van der Waals surface area contributed by atoms with Gasteiger partial charge in [-0.1, -0.05) is 6.92 Å². The zero-order chi connectivity index (χ0) is 16.1. The summed E-state index contributed by atoms with van der Waals surface area (Å²) >= 11 is 0. The van der Waals surface area contributed by atoms with Crippen LogP contribution in [-0.4, -0.2) is 49.1 Å². The maximum Gasteiger partial charge on any atom is 0.254 e. The van der Waals surface area contributed by atoms with Gasteiger partial charge >= 0.3 is 0 Å². The molecule has 4 nitrogen and oxygen atoms in total. The van der Waals surface area contributed by atoms with E-state index in [0.29, 0.717) is 6.04 Å². The average molecular weight is 303 g/mol. The van der Waals surface area contributed by atoms with Crippen molar-refractivity contribution in [3.05, 3.63) is 29.8 Å². The highest BCUT2D eigenvalue weighted by molar-refractivity contribution is 5.95.